The molecule has 26 heavy (non-hydrogen) atoms. The minimum Gasteiger partial charge on any atom is -0.450 e. The highest BCUT2D eigenvalue weighted by molar-refractivity contribution is 14.0. The monoisotopic (exact) mass is 481 g/mol. The van der Waals surface area contributed by atoms with Crippen LogP contribution in [0.3, 0.4) is 0 Å². The van der Waals surface area contributed by atoms with Crippen molar-refractivity contribution in [3.63, 3.8) is 0 Å². The van der Waals surface area contributed by atoms with E-state index < -0.39 is 0 Å². The van der Waals surface area contributed by atoms with Crippen molar-refractivity contribution in [3.05, 3.63) is 0 Å². The molecule has 1 saturated heterocycles. The molecule has 8 heteroatoms. The van der Waals surface area contributed by atoms with Crippen LogP contribution in [0.5, 0.6) is 0 Å². The van der Waals surface area contributed by atoms with Gasteiger partial charge in [-0.2, -0.15) is 0 Å². The van der Waals surface area contributed by atoms with Crippen LogP contribution in [0.4, 0.5) is 4.79 Å². The van der Waals surface area contributed by atoms with Crippen molar-refractivity contribution in [1.82, 2.24) is 20.4 Å². The molecule has 0 radical (unpaired) electrons. The number of nitrogens with zero attached hydrogens (tertiary/aromatic N) is 3. The summed E-state index contributed by atoms with van der Waals surface area (Å²) in [6.45, 7) is 11.9. The highest BCUT2D eigenvalue weighted by Crippen LogP contribution is 2.25. The molecular formula is C18H36IN5O2. The van der Waals surface area contributed by atoms with Crippen LogP contribution in [0.1, 0.15) is 46.5 Å². The van der Waals surface area contributed by atoms with Crippen LogP contribution < -0.4 is 10.6 Å². The standard InChI is InChI=1S/C18H35N5O2.HI/c1-4-19-17(20-11-14-22(5-2)16-7-8-16)21-15-9-12-23(13-10-15)18(24)25-6-3;/h15-16H,4-14H2,1-3H3,(H2,19,20,21);1H. The van der Waals surface area contributed by atoms with Gasteiger partial charge in [-0.15, -0.1) is 24.0 Å². The molecule has 0 atom stereocenters. The average Bonchev–Trinajstić information content (AvgIpc) is 3.44. The summed E-state index contributed by atoms with van der Waals surface area (Å²) in [7, 11) is 0. The van der Waals surface area contributed by atoms with Crippen molar-refractivity contribution >= 4 is 36.0 Å². The predicted molar refractivity (Wildman–Crippen MR) is 116 cm³/mol. The smallest absolute Gasteiger partial charge is 0.409 e. The topological polar surface area (TPSA) is 69.2 Å². The number of rotatable bonds is 8. The van der Waals surface area contributed by atoms with E-state index >= 15 is 0 Å². The molecule has 2 fully saturated rings. The molecule has 0 bridgehead atoms. The summed E-state index contributed by atoms with van der Waals surface area (Å²) in [6, 6.07) is 1.15. The molecule has 0 aromatic heterocycles. The Kier molecular flexibility index (Phi) is 11.3. The van der Waals surface area contributed by atoms with Crippen molar-refractivity contribution in [2.24, 2.45) is 4.99 Å². The number of aliphatic imine (C=N–C) groups is 1. The molecule has 0 unspecified atom stereocenters. The number of likely N-dealkylation sites (tertiary alicyclic amines) is 1. The summed E-state index contributed by atoms with van der Waals surface area (Å²) in [5, 5.41) is 6.86. The van der Waals surface area contributed by atoms with E-state index in [2.05, 4.69) is 29.4 Å². The molecule has 2 rings (SSSR count). The van der Waals surface area contributed by atoms with E-state index in [-0.39, 0.29) is 30.1 Å². The maximum Gasteiger partial charge on any atom is 0.409 e. The van der Waals surface area contributed by atoms with Crippen molar-refractivity contribution in [1.29, 1.82) is 0 Å². The van der Waals surface area contributed by atoms with Gasteiger partial charge in [-0.25, -0.2) is 4.79 Å². The lowest BCUT2D eigenvalue weighted by molar-refractivity contribution is 0.0963. The van der Waals surface area contributed by atoms with Crippen LogP contribution in [-0.2, 0) is 4.74 Å². The van der Waals surface area contributed by atoms with Crippen LogP contribution in [0.25, 0.3) is 0 Å². The Morgan fingerprint density at radius 2 is 1.88 bits per heavy atom. The third kappa shape index (κ3) is 7.85. The highest BCUT2D eigenvalue weighted by Gasteiger charge is 2.27. The van der Waals surface area contributed by atoms with Gasteiger partial charge in [-0.05, 0) is 46.1 Å². The molecule has 152 valence electrons. The summed E-state index contributed by atoms with van der Waals surface area (Å²) < 4.78 is 5.07. The predicted octanol–water partition coefficient (Wildman–Crippen LogP) is 2.26. The van der Waals surface area contributed by atoms with E-state index in [1.807, 2.05) is 6.92 Å². The second-order valence-electron chi connectivity index (χ2n) is 6.73. The molecule has 1 heterocycles. The Morgan fingerprint density at radius 1 is 1.19 bits per heavy atom. The Hall–Kier alpha value is -0.770. The summed E-state index contributed by atoms with van der Waals surface area (Å²) >= 11 is 0. The van der Waals surface area contributed by atoms with Crippen molar-refractivity contribution < 1.29 is 9.53 Å². The Balaban J connectivity index is 0.00000338. The van der Waals surface area contributed by atoms with Crippen LogP contribution in [0, 0.1) is 0 Å². The first kappa shape index (κ1) is 23.3. The molecule has 1 aliphatic carbocycles. The summed E-state index contributed by atoms with van der Waals surface area (Å²) in [4.78, 5) is 20.8. The quantitative estimate of drug-likeness (QED) is 0.316. The molecule has 0 spiro atoms. The number of halogens is 1. The second kappa shape index (κ2) is 12.6. The third-order valence-electron chi connectivity index (χ3n) is 4.83. The van der Waals surface area contributed by atoms with E-state index in [1.165, 1.54) is 12.8 Å². The first-order chi connectivity index (χ1) is 12.2. The van der Waals surface area contributed by atoms with E-state index in [4.69, 9.17) is 9.73 Å². The lowest BCUT2D eigenvalue weighted by Crippen LogP contribution is -2.50. The number of amides is 1. The van der Waals surface area contributed by atoms with Gasteiger partial charge in [0.15, 0.2) is 5.96 Å². The van der Waals surface area contributed by atoms with E-state index in [0.29, 0.717) is 12.6 Å². The minimum atomic E-state index is -0.193. The fraction of sp³-hybridized carbons (Fsp3) is 0.889. The Bertz CT molecular complexity index is 437. The highest BCUT2D eigenvalue weighted by atomic mass is 127. The normalized spacial score (nSPS) is 18.5. The zero-order valence-electron chi connectivity index (χ0n) is 16.5. The third-order valence-corrected chi connectivity index (χ3v) is 4.83. The van der Waals surface area contributed by atoms with Crippen LogP contribution in [0.2, 0.25) is 0 Å². The zero-order chi connectivity index (χ0) is 18.1. The Morgan fingerprint density at radius 3 is 2.42 bits per heavy atom. The second-order valence-corrected chi connectivity index (χ2v) is 6.73. The molecule has 0 aromatic carbocycles. The number of carbonyl (C=O) groups is 1. The van der Waals surface area contributed by atoms with Crippen LogP contribution >= 0.6 is 24.0 Å². The average molecular weight is 481 g/mol. The molecule has 1 aliphatic heterocycles. The fourth-order valence-corrected chi connectivity index (χ4v) is 3.26. The first-order valence-corrected chi connectivity index (χ1v) is 9.88. The maximum atomic E-state index is 11.8. The zero-order valence-corrected chi connectivity index (χ0v) is 18.8. The molecule has 1 saturated carbocycles. The number of carbonyl (C=O) groups excluding carboxylic acids is 1. The minimum absolute atomic E-state index is 0. The number of guanidine groups is 1. The van der Waals surface area contributed by atoms with Gasteiger partial charge >= 0.3 is 6.09 Å². The number of nitrogens with one attached hydrogen (secondary N) is 2. The molecule has 1 amide bonds. The maximum absolute atomic E-state index is 11.8. The SMILES string of the molecule is CCNC(=NCCN(CC)C1CC1)NC1CCN(C(=O)OCC)CC1.I. The summed E-state index contributed by atoms with van der Waals surface area (Å²) in [5.74, 6) is 0.893. The lowest BCUT2D eigenvalue weighted by atomic mass is 10.1. The van der Waals surface area contributed by atoms with Gasteiger partial charge in [-0.3, -0.25) is 9.89 Å². The van der Waals surface area contributed by atoms with Crippen LogP contribution in [-0.4, -0.2) is 79.8 Å². The molecule has 2 aliphatic rings. The molecule has 2 N–H and O–H groups in total. The van der Waals surface area contributed by atoms with Gasteiger partial charge in [0, 0.05) is 38.3 Å². The summed E-state index contributed by atoms with van der Waals surface area (Å²) in [6.07, 6.45) is 4.34. The number of hydrogen-bond acceptors (Lipinski definition) is 4. The largest absolute Gasteiger partial charge is 0.450 e. The van der Waals surface area contributed by atoms with Gasteiger partial charge in [0.2, 0.25) is 0 Å². The van der Waals surface area contributed by atoms with Gasteiger partial charge in [-0.1, -0.05) is 6.92 Å². The number of hydrogen-bond donors (Lipinski definition) is 2. The number of piperidine rings is 1. The molecular weight excluding hydrogens is 445 g/mol. The van der Waals surface area contributed by atoms with Gasteiger partial charge in [0.25, 0.3) is 0 Å². The van der Waals surface area contributed by atoms with Gasteiger partial charge in [0.05, 0.1) is 13.2 Å². The molecule has 0 aromatic rings. The number of likely N-dealkylation sites (N-methyl/N-ethyl adjacent to an activating group) is 1. The van der Waals surface area contributed by atoms with Gasteiger partial charge < -0.3 is 20.3 Å². The molecule has 7 nitrogen and oxygen atoms in total. The van der Waals surface area contributed by atoms with Crippen LogP contribution in [0.15, 0.2) is 4.99 Å². The van der Waals surface area contributed by atoms with E-state index in [0.717, 1.165) is 64.1 Å². The van der Waals surface area contributed by atoms with Crippen molar-refractivity contribution in [2.45, 2.75) is 58.5 Å². The van der Waals surface area contributed by atoms with E-state index in [9.17, 15) is 4.79 Å². The lowest BCUT2D eigenvalue weighted by Gasteiger charge is -2.32. The Labute approximate surface area is 175 Å². The van der Waals surface area contributed by atoms with Crippen molar-refractivity contribution in [2.75, 3.05) is 45.9 Å². The van der Waals surface area contributed by atoms with E-state index in [1.54, 1.807) is 4.90 Å². The van der Waals surface area contributed by atoms with Gasteiger partial charge in [0.1, 0.15) is 0 Å². The number of ether oxygens (including phenoxy) is 1. The fourth-order valence-electron chi connectivity index (χ4n) is 3.26. The summed E-state index contributed by atoms with van der Waals surface area (Å²) in [5.41, 5.74) is 0. The van der Waals surface area contributed by atoms with Crippen molar-refractivity contribution in [3.8, 4) is 0 Å². The first-order valence-electron chi connectivity index (χ1n) is 9.88.